The van der Waals surface area contributed by atoms with Crippen molar-refractivity contribution in [1.29, 1.82) is 0 Å². The van der Waals surface area contributed by atoms with E-state index in [2.05, 4.69) is 4.98 Å². The molecule has 1 aliphatic heterocycles. The van der Waals surface area contributed by atoms with E-state index in [1.54, 1.807) is 10.4 Å². The van der Waals surface area contributed by atoms with Gasteiger partial charge in [-0.05, 0) is 12.8 Å². The summed E-state index contributed by atoms with van der Waals surface area (Å²) in [6, 6.07) is 9.63. The van der Waals surface area contributed by atoms with Crippen LogP contribution in [0.15, 0.2) is 35.8 Å². The Hall–Kier alpha value is -2.21. The summed E-state index contributed by atoms with van der Waals surface area (Å²) >= 11 is 1.33. The number of rotatable bonds is 3. The van der Waals surface area contributed by atoms with Crippen LogP contribution in [-0.2, 0) is 4.79 Å². The fraction of sp³-hybridized carbons (Fsp3) is 0.312. The number of benzene rings is 1. The number of carboxylic acids is 1. The lowest BCUT2D eigenvalue weighted by Gasteiger charge is -2.29. The molecule has 1 aliphatic rings. The second kappa shape index (κ2) is 6.27. The number of aromatic nitrogens is 1. The Morgan fingerprint density at radius 2 is 1.86 bits per heavy atom. The number of carboxylic acid groups (broad SMARTS) is 1. The van der Waals surface area contributed by atoms with Gasteiger partial charge in [0.05, 0.1) is 17.1 Å². The maximum atomic E-state index is 12.7. The van der Waals surface area contributed by atoms with E-state index in [-0.39, 0.29) is 11.8 Å². The number of likely N-dealkylation sites (tertiary alicyclic amines) is 1. The van der Waals surface area contributed by atoms with Crippen molar-refractivity contribution in [2.24, 2.45) is 5.92 Å². The number of aliphatic carboxylic acids is 1. The first-order valence-electron chi connectivity index (χ1n) is 7.18. The van der Waals surface area contributed by atoms with Crippen LogP contribution in [0.1, 0.15) is 22.5 Å². The van der Waals surface area contributed by atoms with Crippen molar-refractivity contribution in [3.05, 3.63) is 40.7 Å². The average molecular weight is 316 g/mol. The maximum absolute atomic E-state index is 12.7. The molecule has 0 bridgehead atoms. The van der Waals surface area contributed by atoms with Crippen molar-refractivity contribution in [2.45, 2.75) is 12.8 Å². The van der Waals surface area contributed by atoms with Gasteiger partial charge in [-0.2, -0.15) is 0 Å². The highest BCUT2D eigenvalue weighted by molar-refractivity contribution is 7.12. The van der Waals surface area contributed by atoms with E-state index in [9.17, 15) is 9.59 Å². The van der Waals surface area contributed by atoms with Gasteiger partial charge in [0.15, 0.2) is 0 Å². The van der Waals surface area contributed by atoms with Gasteiger partial charge in [-0.3, -0.25) is 9.59 Å². The zero-order valence-electron chi connectivity index (χ0n) is 11.9. The molecular weight excluding hydrogens is 300 g/mol. The highest BCUT2D eigenvalue weighted by Gasteiger charge is 2.29. The number of hydrogen-bond donors (Lipinski definition) is 1. The van der Waals surface area contributed by atoms with Gasteiger partial charge in [0.1, 0.15) is 4.88 Å². The molecule has 1 saturated heterocycles. The van der Waals surface area contributed by atoms with Crippen molar-refractivity contribution in [3.8, 4) is 11.3 Å². The molecule has 0 atom stereocenters. The van der Waals surface area contributed by atoms with E-state index in [1.165, 1.54) is 11.3 Å². The molecule has 1 aromatic heterocycles. The first kappa shape index (κ1) is 14.7. The van der Waals surface area contributed by atoms with Crippen LogP contribution >= 0.6 is 11.3 Å². The Balaban J connectivity index is 1.77. The molecule has 1 N–H and O–H groups in total. The Kier molecular flexibility index (Phi) is 4.20. The second-order valence-corrected chi connectivity index (χ2v) is 6.16. The Labute approximate surface area is 132 Å². The van der Waals surface area contributed by atoms with Gasteiger partial charge in [0.2, 0.25) is 0 Å². The summed E-state index contributed by atoms with van der Waals surface area (Å²) in [5, 5.41) is 9.03. The summed E-state index contributed by atoms with van der Waals surface area (Å²) in [5.74, 6) is -1.15. The van der Waals surface area contributed by atoms with Crippen LogP contribution in [0.25, 0.3) is 11.3 Å². The standard InChI is InChI=1S/C16H16N2O3S/c19-15(18-8-6-12(7-9-18)16(20)21)14-13(17-10-22-14)11-4-2-1-3-5-11/h1-5,10,12H,6-9H2,(H,20,21). The number of carbonyl (C=O) groups excluding carboxylic acids is 1. The lowest BCUT2D eigenvalue weighted by atomic mass is 9.97. The number of thiazole rings is 1. The van der Waals surface area contributed by atoms with Gasteiger partial charge in [-0.15, -0.1) is 11.3 Å². The zero-order valence-corrected chi connectivity index (χ0v) is 12.8. The minimum Gasteiger partial charge on any atom is -0.481 e. The summed E-state index contributed by atoms with van der Waals surface area (Å²) in [6.07, 6.45) is 1.03. The summed E-state index contributed by atoms with van der Waals surface area (Å²) in [6.45, 7) is 0.976. The van der Waals surface area contributed by atoms with Crippen molar-refractivity contribution in [3.63, 3.8) is 0 Å². The number of nitrogens with zero attached hydrogens (tertiary/aromatic N) is 2. The number of hydrogen-bond acceptors (Lipinski definition) is 4. The highest BCUT2D eigenvalue weighted by Crippen LogP contribution is 2.28. The summed E-state index contributed by atoms with van der Waals surface area (Å²) in [7, 11) is 0. The van der Waals surface area contributed by atoms with Crippen molar-refractivity contribution in [1.82, 2.24) is 9.88 Å². The van der Waals surface area contributed by atoms with Crippen LogP contribution in [-0.4, -0.2) is 40.0 Å². The molecule has 0 saturated carbocycles. The van der Waals surface area contributed by atoms with Gasteiger partial charge < -0.3 is 10.0 Å². The van der Waals surface area contributed by atoms with E-state index in [1.807, 2.05) is 30.3 Å². The summed E-state index contributed by atoms with van der Waals surface area (Å²) in [5.41, 5.74) is 3.31. The smallest absolute Gasteiger partial charge is 0.306 e. The minimum absolute atomic E-state index is 0.0507. The molecule has 1 fully saturated rings. The Morgan fingerprint density at radius 1 is 1.18 bits per heavy atom. The number of carbonyl (C=O) groups is 2. The summed E-state index contributed by atoms with van der Waals surface area (Å²) < 4.78 is 0. The fourth-order valence-electron chi connectivity index (χ4n) is 2.67. The van der Waals surface area contributed by atoms with Gasteiger partial charge in [0, 0.05) is 18.7 Å². The van der Waals surface area contributed by atoms with Crippen molar-refractivity contribution in [2.75, 3.05) is 13.1 Å². The molecule has 6 heteroatoms. The fourth-order valence-corrected chi connectivity index (χ4v) is 3.45. The van der Waals surface area contributed by atoms with Gasteiger partial charge in [-0.25, -0.2) is 4.98 Å². The first-order valence-corrected chi connectivity index (χ1v) is 8.06. The Morgan fingerprint density at radius 3 is 2.50 bits per heavy atom. The van der Waals surface area contributed by atoms with E-state index in [0.717, 1.165) is 5.56 Å². The topological polar surface area (TPSA) is 70.5 Å². The Bertz CT molecular complexity index is 676. The number of piperidine rings is 1. The zero-order chi connectivity index (χ0) is 15.5. The third-order valence-corrected chi connectivity index (χ3v) is 4.75. The molecule has 0 spiro atoms. The molecule has 2 aromatic rings. The van der Waals surface area contributed by atoms with E-state index < -0.39 is 5.97 Å². The maximum Gasteiger partial charge on any atom is 0.306 e. The normalized spacial score (nSPS) is 15.7. The van der Waals surface area contributed by atoms with E-state index in [4.69, 9.17) is 5.11 Å². The lowest BCUT2D eigenvalue weighted by molar-refractivity contribution is -0.143. The first-order chi connectivity index (χ1) is 10.7. The molecule has 2 heterocycles. The lowest BCUT2D eigenvalue weighted by Crippen LogP contribution is -2.40. The van der Waals surface area contributed by atoms with Gasteiger partial charge in [-0.1, -0.05) is 30.3 Å². The molecule has 22 heavy (non-hydrogen) atoms. The van der Waals surface area contributed by atoms with E-state index >= 15 is 0 Å². The summed E-state index contributed by atoms with van der Waals surface area (Å²) in [4.78, 5) is 30.4. The highest BCUT2D eigenvalue weighted by atomic mass is 32.1. The predicted molar refractivity (Wildman–Crippen MR) is 83.8 cm³/mol. The minimum atomic E-state index is -0.769. The van der Waals surface area contributed by atoms with Crippen LogP contribution in [0, 0.1) is 5.92 Å². The van der Waals surface area contributed by atoms with Crippen LogP contribution < -0.4 is 0 Å². The molecule has 3 rings (SSSR count). The number of amides is 1. The monoisotopic (exact) mass is 316 g/mol. The molecule has 0 radical (unpaired) electrons. The van der Waals surface area contributed by atoms with Crippen LogP contribution in [0.5, 0.6) is 0 Å². The quantitative estimate of drug-likeness (QED) is 0.945. The SMILES string of the molecule is O=C(O)C1CCN(C(=O)c2scnc2-c2ccccc2)CC1. The molecule has 0 aliphatic carbocycles. The van der Waals surface area contributed by atoms with Crippen LogP contribution in [0.2, 0.25) is 0 Å². The molecule has 1 aromatic carbocycles. The molecule has 0 unspecified atom stereocenters. The van der Waals surface area contributed by atoms with E-state index in [0.29, 0.717) is 36.5 Å². The van der Waals surface area contributed by atoms with Gasteiger partial charge >= 0.3 is 5.97 Å². The molecule has 114 valence electrons. The predicted octanol–water partition coefficient (Wildman–Crippen LogP) is 2.75. The van der Waals surface area contributed by atoms with Crippen LogP contribution in [0.4, 0.5) is 0 Å². The molecule has 1 amide bonds. The van der Waals surface area contributed by atoms with Crippen LogP contribution in [0.3, 0.4) is 0 Å². The van der Waals surface area contributed by atoms with Crippen molar-refractivity contribution >= 4 is 23.2 Å². The third kappa shape index (κ3) is 2.87. The third-order valence-electron chi connectivity index (χ3n) is 3.94. The molecule has 5 nitrogen and oxygen atoms in total. The van der Waals surface area contributed by atoms with Crippen molar-refractivity contribution < 1.29 is 14.7 Å². The molecular formula is C16H16N2O3S. The average Bonchev–Trinajstić information content (AvgIpc) is 3.04. The second-order valence-electron chi connectivity index (χ2n) is 5.30. The largest absolute Gasteiger partial charge is 0.481 e. The van der Waals surface area contributed by atoms with Gasteiger partial charge in [0.25, 0.3) is 5.91 Å².